The Morgan fingerprint density at radius 3 is 2.26 bits per heavy atom. The summed E-state index contributed by atoms with van der Waals surface area (Å²) in [6.45, 7) is 1.43. The van der Waals surface area contributed by atoms with Crippen LogP contribution in [0, 0.1) is 5.82 Å². The zero-order chi connectivity index (χ0) is 19.2. The van der Waals surface area contributed by atoms with Gasteiger partial charge in [0, 0.05) is 36.7 Å². The molecular weight excluding hydrogens is 351 g/mol. The number of hydrogen-bond donors (Lipinski definition) is 2. The topological polar surface area (TPSA) is 97.1 Å². The van der Waals surface area contributed by atoms with E-state index in [9.17, 15) is 14.0 Å². The second-order valence-electron chi connectivity index (χ2n) is 5.83. The third-order valence-electron chi connectivity index (χ3n) is 3.63. The van der Waals surface area contributed by atoms with E-state index in [1.54, 1.807) is 36.4 Å². The lowest BCUT2D eigenvalue weighted by molar-refractivity contribution is -0.116. The number of rotatable bonds is 6. The van der Waals surface area contributed by atoms with E-state index in [2.05, 4.69) is 20.8 Å². The molecule has 8 heteroatoms. The first kappa shape index (κ1) is 18.2. The molecule has 2 aromatic carbocycles. The highest BCUT2D eigenvalue weighted by atomic mass is 19.1. The van der Waals surface area contributed by atoms with Crippen molar-refractivity contribution in [3.63, 3.8) is 0 Å². The first-order chi connectivity index (χ1) is 13.0. The number of halogens is 1. The number of nitrogens with zero attached hydrogens (tertiary/aromatic N) is 2. The summed E-state index contributed by atoms with van der Waals surface area (Å²) in [7, 11) is 0. The van der Waals surface area contributed by atoms with Crippen LogP contribution < -0.4 is 10.6 Å². The Bertz CT molecular complexity index is 936. The van der Waals surface area contributed by atoms with Crippen molar-refractivity contribution < 1.29 is 18.5 Å². The number of aryl methyl sites for hydroxylation is 1. The number of nitrogens with one attached hydrogen (secondary N) is 2. The zero-order valence-electron chi connectivity index (χ0n) is 14.5. The Balaban J connectivity index is 1.52. The lowest BCUT2D eigenvalue weighted by atomic mass is 10.2. The largest absolute Gasteiger partial charge is 0.339 e. The minimum Gasteiger partial charge on any atom is -0.339 e. The van der Waals surface area contributed by atoms with Gasteiger partial charge in [-0.25, -0.2) is 4.39 Å². The molecule has 0 unspecified atom stereocenters. The highest BCUT2D eigenvalue weighted by Gasteiger charge is 2.11. The Kier molecular flexibility index (Phi) is 5.55. The molecule has 0 spiro atoms. The SMILES string of the molecule is CC(=O)Nc1ccc(NC(=O)CCc2nc(-c3ccc(F)cc3)no2)cc1. The number of hydrogen-bond acceptors (Lipinski definition) is 5. The monoisotopic (exact) mass is 368 g/mol. The normalized spacial score (nSPS) is 10.4. The fourth-order valence-corrected chi connectivity index (χ4v) is 2.36. The summed E-state index contributed by atoms with van der Waals surface area (Å²) in [5.41, 5.74) is 1.90. The molecule has 0 saturated heterocycles. The number of benzene rings is 2. The molecule has 0 atom stereocenters. The van der Waals surface area contributed by atoms with Crippen molar-refractivity contribution in [2.24, 2.45) is 0 Å². The van der Waals surface area contributed by atoms with Gasteiger partial charge in [0.25, 0.3) is 0 Å². The molecular formula is C19H17FN4O3. The van der Waals surface area contributed by atoms with Gasteiger partial charge in [0.2, 0.25) is 23.5 Å². The van der Waals surface area contributed by atoms with Crippen molar-refractivity contribution in [3.05, 3.63) is 60.2 Å². The Labute approximate surface area is 154 Å². The van der Waals surface area contributed by atoms with Crippen molar-refractivity contribution in [1.82, 2.24) is 10.1 Å². The second-order valence-corrected chi connectivity index (χ2v) is 5.83. The lowest BCUT2D eigenvalue weighted by Gasteiger charge is -2.06. The van der Waals surface area contributed by atoms with E-state index in [4.69, 9.17) is 4.52 Å². The fourth-order valence-electron chi connectivity index (χ4n) is 2.36. The smallest absolute Gasteiger partial charge is 0.227 e. The van der Waals surface area contributed by atoms with E-state index in [0.29, 0.717) is 28.7 Å². The van der Waals surface area contributed by atoms with E-state index in [0.717, 1.165) is 0 Å². The van der Waals surface area contributed by atoms with Gasteiger partial charge in [-0.05, 0) is 48.5 Å². The summed E-state index contributed by atoms with van der Waals surface area (Å²) < 4.78 is 18.1. The summed E-state index contributed by atoms with van der Waals surface area (Å²) in [6.07, 6.45) is 0.447. The molecule has 0 aliphatic heterocycles. The molecule has 0 fully saturated rings. The molecule has 0 bridgehead atoms. The van der Waals surface area contributed by atoms with Crippen LogP contribution in [0.1, 0.15) is 19.2 Å². The number of carbonyl (C=O) groups excluding carboxylic acids is 2. The average Bonchev–Trinajstić information content (AvgIpc) is 3.11. The summed E-state index contributed by atoms with van der Waals surface area (Å²) in [5.74, 6) is -0.0381. The minimum atomic E-state index is -0.343. The maximum Gasteiger partial charge on any atom is 0.227 e. The predicted molar refractivity (Wildman–Crippen MR) is 97.4 cm³/mol. The van der Waals surface area contributed by atoms with Crippen LogP contribution >= 0.6 is 0 Å². The quantitative estimate of drug-likeness (QED) is 0.695. The third-order valence-corrected chi connectivity index (χ3v) is 3.63. The van der Waals surface area contributed by atoms with Crippen molar-refractivity contribution in [2.45, 2.75) is 19.8 Å². The van der Waals surface area contributed by atoms with Crippen molar-refractivity contribution in [3.8, 4) is 11.4 Å². The van der Waals surface area contributed by atoms with Crippen LogP contribution in [-0.2, 0) is 16.0 Å². The summed E-state index contributed by atoms with van der Waals surface area (Å²) in [6, 6.07) is 12.5. The summed E-state index contributed by atoms with van der Waals surface area (Å²) >= 11 is 0. The number of aromatic nitrogens is 2. The van der Waals surface area contributed by atoms with Gasteiger partial charge >= 0.3 is 0 Å². The van der Waals surface area contributed by atoms with Crippen molar-refractivity contribution in [1.29, 1.82) is 0 Å². The van der Waals surface area contributed by atoms with Gasteiger partial charge in [-0.1, -0.05) is 5.16 Å². The molecule has 0 saturated carbocycles. The first-order valence-electron chi connectivity index (χ1n) is 8.25. The van der Waals surface area contributed by atoms with E-state index >= 15 is 0 Å². The highest BCUT2D eigenvalue weighted by molar-refractivity contribution is 5.92. The zero-order valence-corrected chi connectivity index (χ0v) is 14.5. The molecule has 0 aliphatic carbocycles. The van der Waals surface area contributed by atoms with Crippen LogP contribution in [0.4, 0.5) is 15.8 Å². The van der Waals surface area contributed by atoms with Crippen LogP contribution in [0.25, 0.3) is 11.4 Å². The maximum absolute atomic E-state index is 12.9. The highest BCUT2D eigenvalue weighted by Crippen LogP contribution is 2.17. The fraction of sp³-hybridized carbons (Fsp3) is 0.158. The van der Waals surface area contributed by atoms with E-state index in [1.807, 2.05) is 0 Å². The molecule has 2 N–H and O–H groups in total. The minimum absolute atomic E-state index is 0.161. The number of anilines is 2. The van der Waals surface area contributed by atoms with Crippen molar-refractivity contribution in [2.75, 3.05) is 10.6 Å². The molecule has 27 heavy (non-hydrogen) atoms. The Morgan fingerprint density at radius 1 is 1.00 bits per heavy atom. The molecule has 1 heterocycles. The standard InChI is InChI=1S/C19H17FN4O3/c1-12(25)21-15-6-8-16(9-7-15)22-17(26)10-11-18-23-19(24-27-18)13-2-4-14(20)5-3-13/h2-9H,10-11H2,1H3,(H,21,25)(H,22,26). The molecule has 0 aliphatic rings. The average molecular weight is 368 g/mol. The van der Waals surface area contributed by atoms with Crippen LogP contribution in [0.15, 0.2) is 53.1 Å². The molecule has 138 valence electrons. The van der Waals surface area contributed by atoms with Gasteiger partial charge in [-0.15, -0.1) is 0 Å². The van der Waals surface area contributed by atoms with E-state index < -0.39 is 0 Å². The Morgan fingerprint density at radius 2 is 1.63 bits per heavy atom. The van der Waals surface area contributed by atoms with Gasteiger partial charge in [0.15, 0.2) is 0 Å². The van der Waals surface area contributed by atoms with Gasteiger partial charge in [0.05, 0.1) is 0 Å². The summed E-state index contributed by atoms with van der Waals surface area (Å²) in [4.78, 5) is 27.2. The lowest BCUT2D eigenvalue weighted by Crippen LogP contribution is -2.12. The van der Waals surface area contributed by atoms with Crippen LogP contribution in [0.5, 0.6) is 0 Å². The van der Waals surface area contributed by atoms with Crippen LogP contribution in [0.2, 0.25) is 0 Å². The van der Waals surface area contributed by atoms with E-state index in [1.165, 1.54) is 19.1 Å². The van der Waals surface area contributed by atoms with Gasteiger partial charge in [-0.3, -0.25) is 9.59 Å². The van der Waals surface area contributed by atoms with Gasteiger partial charge < -0.3 is 15.2 Å². The first-order valence-corrected chi connectivity index (χ1v) is 8.25. The molecule has 2 amide bonds. The Hall–Kier alpha value is -3.55. The van der Waals surface area contributed by atoms with Crippen LogP contribution in [-0.4, -0.2) is 22.0 Å². The van der Waals surface area contributed by atoms with Crippen LogP contribution in [0.3, 0.4) is 0 Å². The predicted octanol–water partition coefficient (Wildman–Crippen LogP) is 3.41. The molecule has 0 radical (unpaired) electrons. The summed E-state index contributed by atoms with van der Waals surface area (Å²) in [5, 5.41) is 9.24. The van der Waals surface area contributed by atoms with Gasteiger partial charge in [-0.2, -0.15) is 4.98 Å². The number of carbonyl (C=O) groups is 2. The van der Waals surface area contributed by atoms with Crippen molar-refractivity contribution >= 4 is 23.2 Å². The molecule has 3 aromatic rings. The third kappa shape index (κ3) is 5.21. The molecule has 3 rings (SSSR count). The molecule has 7 nitrogen and oxygen atoms in total. The second kappa shape index (κ2) is 8.22. The van der Waals surface area contributed by atoms with E-state index in [-0.39, 0.29) is 30.5 Å². The maximum atomic E-state index is 12.9. The number of amides is 2. The molecule has 1 aromatic heterocycles. The van der Waals surface area contributed by atoms with Gasteiger partial charge in [0.1, 0.15) is 5.82 Å².